The standard InChI is InChI=1S/C21H25NO5/c1-14-18(26-2)12-16(13-19(14)27-3)21(25)22-17(9-10-20(23)24)11-15-7-5-4-6-8-15/h4-8,12-13,17H,9-11H2,1-3H3,(H,22,25)(H,23,24). The molecule has 1 amide bonds. The first kappa shape index (κ1) is 20.3. The van der Waals surface area contributed by atoms with E-state index >= 15 is 0 Å². The summed E-state index contributed by atoms with van der Waals surface area (Å²) in [5, 5.41) is 11.9. The van der Waals surface area contributed by atoms with Gasteiger partial charge in [-0.05, 0) is 37.5 Å². The molecular formula is C21H25NO5. The van der Waals surface area contributed by atoms with E-state index in [9.17, 15) is 9.59 Å². The third kappa shape index (κ3) is 5.74. The van der Waals surface area contributed by atoms with E-state index in [-0.39, 0.29) is 18.4 Å². The molecule has 0 fully saturated rings. The third-order valence-electron chi connectivity index (χ3n) is 4.38. The van der Waals surface area contributed by atoms with Crippen LogP contribution in [-0.2, 0) is 11.2 Å². The number of benzene rings is 2. The Morgan fingerprint density at radius 2 is 1.67 bits per heavy atom. The molecule has 1 atom stereocenters. The summed E-state index contributed by atoms with van der Waals surface area (Å²) in [5.74, 6) is -0.0619. The molecule has 0 saturated heterocycles. The van der Waals surface area contributed by atoms with Crippen LogP contribution in [0.5, 0.6) is 11.5 Å². The van der Waals surface area contributed by atoms with Crippen LogP contribution in [0.15, 0.2) is 42.5 Å². The molecule has 0 aromatic heterocycles. The maximum absolute atomic E-state index is 12.8. The summed E-state index contributed by atoms with van der Waals surface area (Å²) >= 11 is 0. The summed E-state index contributed by atoms with van der Waals surface area (Å²) in [6.45, 7) is 1.85. The molecule has 0 bridgehead atoms. The lowest BCUT2D eigenvalue weighted by molar-refractivity contribution is -0.137. The number of carboxylic acids is 1. The number of aliphatic carboxylic acids is 1. The highest BCUT2D eigenvalue weighted by molar-refractivity contribution is 5.95. The van der Waals surface area contributed by atoms with Crippen molar-refractivity contribution in [3.8, 4) is 11.5 Å². The Morgan fingerprint density at radius 3 is 2.19 bits per heavy atom. The molecule has 6 heteroatoms. The number of carboxylic acid groups (broad SMARTS) is 1. The third-order valence-corrected chi connectivity index (χ3v) is 4.38. The van der Waals surface area contributed by atoms with Crippen LogP contribution in [-0.4, -0.2) is 37.2 Å². The van der Waals surface area contributed by atoms with Crippen molar-refractivity contribution in [2.75, 3.05) is 14.2 Å². The second-order valence-corrected chi connectivity index (χ2v) is 6.30. The Balaban J connectivity index is 2.20. The fraction of sp³-hybridized carbons (Fsp3) is 0.333. The van der Waals surface area contributed by atoms with Crippen LogP contribution in [0.1, 0.15) is 34.3 Å². The molecule has 0 aliphatic heterocycles. The number of nitrogens with one attached hydrogen (secondary N) is 1. The van der Waals surface area contributed by atoms with E-state index in [4.69, 9.17) is 14.6 Å². The van der Waals surface area contributed by atoms with E-state index in [2.05, 4.69) is 5.32 Å². The average molecular weight is 371 g/mol. The molecule has 0 spiro atoms. The Kier molecular flexibility index (Phi) is 7.23. The highest BCUT2D eigenvalue weighted by Crippen LogP contribution is 2.29. The normalized spacial score (nSPS) is 11.5. The van der Waals surface area contributed by atoms with Crippen molar-refractivity contribution in [3.05, 3.63) is 59.2 Å². The number of methoxy groups -OCH3 is 2. The van der Waals surface area contributed by atoms with Crippen molar-refractivity contribution in [2.24, 2.45) is 0 Å². The van der Waals surface area contributed by atoms with E-state index in [1.54, 1.807) is 12.1 Å². The minimum Gasteiger partial charge on any atom is -0.496 e. The van der Waals surface area contributed by atoms with Gasteiger partial charge in [-0.15, -0.1) is 0 Å². The molecule has 0 aliphatic carbocycles. The van der Waals surface area contributed by atoms with Crippen LogP contribution in [0.4, 0.5) is 0 Å². The Morgan fingerprint density at radius 1 is 1.07 bits per heavy atom. The number of rotatable bonds is 9. The number of amides is 1. The zero-order valence-corrected chi connectivity index (χ0v) is 15.8. The van der Waals surface area contributed by atoms with Crippen molar-refractivity contribution in [1.29, 1.82) is 0 Å². The Labute approximate surface area is 159 Å². The molecule has 6 nitrogen and oxygen atoms in total. The predicted molar refractivity (Wildman–Crippen MR) is 103 cm³/mol. The molecule has 2 rings (SSSR count). The second-order valence-electron chi connectivity index (χ2n) is 6.30. The van der Waals surface area contributed by atoms with Gasteiger partial charge in [-0.2, -0.15) is 0 Å². The smallest absolute Gasteiger partial charge is 0.303 e. The lowest BCUT2D eigenvalue weighted by atomic mass is 10.0. The van der Waals surface area contributed by atoms with Gasteiger partial charge in [0.05, 0.1) is 14.2 Å². The molecule has 144 valence electrons. The van der Waals surface area contributed by atoms with Gasteiger partial charge in [-0.25, -0.2) is 0 Å². The maximum Gasteiger partial charge on any atom is 0.303 e. The molecule has 27 heavy (non-hydrogen) atoms. The summed E-state index contributed by atoms with van der Waals surface area (Å²) in [5.41, 5.74) is 2.25. The van der Waals surface area contributed by atoms with Crippen LogP contribution in [0.3, 0.4) is 0 Å². The van der Waals surface area contributed by atoms with Gasteiger partial charge >= 0.3 is 5.97 Å². The summed E-state index contributed by atoms with van der Waals surface area (Å²) in [6, 6.07) is 12.7. The summed E-state index contributed by atoms with van der Waals surface area (Å²) in [6.07, 6.45) is 0.883. The van der Waals surface area contributed by atoms with E-state index in [0.717, 1.165) is 11.1 Å². The van der Waals surface area contributed by atoms with Gasteiger partial charge in [0.2, 0.25) is 0 Å². The minimum absolute atomic E-state index is 0.0156. The average Bonchev–Trinajstić information content (AvgIpc) is 2.67. The van der Waals surface area contributed by atoms with Gasteiger partial charge in [0.15, 0.2) is 0 Å². The lowest BCUT2D eigenvalue weighted by Crippen LogP contribution is -2.37. The molecule has 2 aromatic rings. The zero-order chi connectivity index (χ0) is 19.8. The van der Waals surface area contributed by atoms with E-state index in [0.29, 0.717) is 29.9 Å². The van der Waals surface area contributed by atoms with Crippen molar-refractivity contribution >= 4 is 11.9 Å². The van der Waals surface area contributed by atoms with Gasteiger partial charge in [0.1, 0.15) is 11.5 Å². The lowest BCUT2D eigenvalue weighted by Gasteiger charge is -2.19. The van der Waals surface area contributed by atoms with E-state index in [1.165, 1.54) is 14.2 Å². The van der Waals surface area contributed by atoms with Crippen LogP contribution in [0.2, 0.25) is 0 Å². The van der Waals surface area contributed by atoms with Gasteiger partial charge in [-0.3, -0.25) is 9.59 Å². The van der Waals surface area contributed by atoms with Crippen molar-refractivity contribution in [1.82, 2.24) is 5.32 Å². The summed E-state index contributed by atoms with van der Waals surface area (Å²) < 4.78 is 10.6. The second kappa shape index (κ2) is 9.62. The molecule has 2 N–H and O–H groups in total. The van der Waals surface area contributed by atoms with Crippen molar-refractivity contribution < 1.29 is 24.2 Å². The first-order valence-corrected chi connectivity index (χ1v) is 8.73. The quantitative estimate of drug-likeness (QED) is 0.707. The molecule has 0 aliphatic rings. The summed E-state index contributed by atoms with van der Waals surface area (Å²) in [7, 11) is 3.07. The van der Waals surface area contributed by atoms with Crippen LogP contribution < -0.4 is 14.8 Å². The Hall–Kier alpha value is -3.02. The van der Waals surface area contributed by atoms with Crippen LogP contribution in [0.25, 0.3) is 0 Å². The number of hydrogen-bond acceptors (Lipinski definition) is 4. The van der Waals surface area contributed by atoms with E-state index in [1.807, 2.05) is 37.3 Å². The number of carbonyl (C=O) groups excluding carboxylic acids is 1. The first-order valence-electron chi connectivity index (χ1n) is 8.73. The maximum atomic E-state index is 12.8. The molecular weight excluding hydrogens is 346 g/mol. The van der Waals surface area contributed by atoms with Crippen molar-refractivity contribution in [2.45, 2.75) is 32.2 Å². The summed E-state index contributed by atoms with van der Waals surface area (Å²) in [4.78, 5) is 23.7. The monoisotopic (exact) mass is 371 g/mol. The fourth-order valence-corrected chi connectivity index (χ4v) is 2.91. The van der Waals surface area contributed by atoms with Gasteiger partial charge in [0.25, 0.3) is 5.91 Å². The van der Waals surface area contributed by atoms with Gasteiger partial charge in [-0.1, -0.05) is 30.3 Å². The van der Waals surface area contributed by atoms with Gasteiger partial charge < -0.3 is 19.9 Å². The van der Waals surface area contributed by atoms with Gasteiger partial charge in [0, 0.05) is 23.6 Å². The number of carbonyl (C=O) groups is 2. The fourth-order valence-electron chi connectivity index (χ4n) is 2.91. The Bertz CT molecular complexity index is 763. The SMILES string of the molecule is COc1cc(C(=O)NC(CCC(=O)O)Cc2ccccc2)cc(OC)c1C. The minimum atomic E-state index is -0.888. The molecule has 0 heterocycles. The van der Waals surface area contributed by atoms with Crippen molar-refractivity contribution in [3.63, 3.8) is 0 Å². The largest absolute Gasteiger partial charge is 0.496 e. The molecule has 1 unspecified atom stereocenters. The zero-order valence-electron chi connectivity index (χ0n) is 15.8. The topological polar surface area (TPSA) is 84.9 Å². The van der Waals surface area contributed by atoms with Crippen LogP contribution >= 0.6 is 0 Å². The molecule has 0 saturated carbocycles. The highest BCUT2D eigenvalue weighted by atomic mass is 16.5. The van der Waals surface area contributed by atoms with E-state index < -0.39 is 5.97 Å². The first-order chi connectivity index (χ1) is 12.9. The predicted octanol–water partition coefficient (Wildman–Crippen LogP) is 3.22. The molecule has 2 aromatic carbocycles. The highest BCUT2D eigenvalue weighted by Gasteiger charge is 2.18. The molecule has 0 radical (unpaired) electrons. The number of ether oxygens (including phenoxy) is 2. The van der Waals surface area contributed by atoms with Crippen LogP contribution in [0, 0.1) is 6.92 Å². The number of hydrogen-bond donors (Lipinski definition) is 2.